The number of hydrogen-bond acceptors (Lipinski definition) is 4. The second-order valence-electron chi connectivity index (χ2n) is 8.67. The SMILES string of the molecule is CN=C(NCCc1nc(C(C)(C)C)cs1)NCC1(C(=O)N(C)C)CCCC1. The molecule has 2 rings (SSSR count). The number of carbonyl (C=O) groups excluding carboxylic acids is 1. The van der Waals surface area contributed by atoms with Crippen LogP contribution in [-0.2, 0) is 16.6 Å². The van der Waals surface area contributed by atoms with E-state index in [0.29, 0.717) is 6.54 Å². The molecule has 0 aromatic carbocycles. The fourth-order valence-electron chi connectivity index (χ4n) is 3.52. The minimum absolute atomic E-state index is 0.0916. The summed E-state index contributed by atoms with van der Waals surface area (Å²) in [5, 5.41) is 10.0. The summed E-state index contributed by atoms with van der Waals surface area (Å²) >= 11 is 1.71. The number of aliphatic imine (C=N–C) groups is 1. The Kier molecular flexibility index (Phi) is 7.25. The molecule has 1 aromatic heterocycles. The van der Waals surface area contributed by atoms with Crippen molar-refractivity contribution in [2.75, 3.05) is 34.2 Å². The molecule has 0 atom stereocenters. The van der Waals surface area contributed by atoms with E-state index in [1.165, 1.54) is 0 Å². The zero-order valence-corrected chi connectivity index (χ0v) is 18.5. The van der Waals surface area contributed by atoms with E-state index in [1.807, 2.05) is 14.1 Å². The van der Waals surface area contributed by atoms with Gasteiger partial charge in [0.2, 0.25) is 5.91 Å². The highest BCUT2D eigenvalue weighted by atomic mass is 32.1. The highest BCUT2D eigenvalue weighted by Crippen LogP contribution is 2.38. The van der Waals surface area contributed by atoms with Crippen molar-refractivity contribution < 1.29 is 4.79 Å². The van der Waals surface area contributed by atoms with Crippen LogP contribution in [0.1, 0.15) is 57.2 Å². The van der Waals surface area contributed by atoms with Crippen LogP contribution in [0.5, 0.6) is 0 Å². The molecule has 1 aromatic rings. The standard InChI is InChI=1S/C20H35N5OS/c1-19(2,3)15-13-27-16(24-15)9-12-22-18(21-4)23-14-20(10-7-8-11-20)17(26)25(5)6/h13H,7-12,14H2,1-6H3,(H2,21,22,23). The van der Waals surface area contributed by atoms with Gasteiger partial charge in [0.25, 0.3) is 0 Å². The molecule has 1 fully saturated rings. The lowest BCUT2D eigenvalue weighted by atomic mass is 9.84. The van der Waals surface area contributed by atoms with E-state index in [-0.39, 0.29) is 16.7 Å². The maximum atomic E-state index is 12.7. The van der Waals surface area contributed by atoms with E-state index in [1.54, 1.807) is 23.3 Å². The van der Waals surface area contributed by atoms with Gasteiger partial charge in [-0.1, -0.05) is 33.6 Å². The largest absolute Gasteiger partial charge is 0.356 e. The maximum absolute atomic E-state index is 12.7. The molecule has 0 unspecified atom stereocenters. The number of rotatable bonds is 6. The number of amides is 1. The zero-order valence-electron chi connectivity index (χ0n) is 17.7. The molecular formula is C20H35N5OS. The van der Waals surface area contributed by atoms with Crippen LogP contribution in [0, 0.1) is 5.41 Å². The van der Waals surface area contributed by atoms with Crippen LogP contribution in [0.25, 0.3) is 0 Å². The summed E-state index contributed by atoms with van der Waals surface area (Å²) in [5.41, 5.74) is 0.947. The van der Waals surface area contributed by atoms with E-state index < -0.39 is 0 Å². The molecule has 1 aliphatic carbocycles. The summed E-state index contributed by atoms with van der Waals surface area (Å²) in [7, 11) is 5.45. The lowest BCUT2D eigenvalue weighted by Gasteiger charge is -2.31. The van der Waals surface area contributed by atoms with Crippen LogP contribution >= 0.6 is 11.3 Å². The van der Waals surface area contributed by atoms with Crippen molar-refractivity contribution in [2.45, 2.75) is 58.3 Å². The van der Waals surface area contributed by atoms with Crippen LogP contribution in [0.15, 0.2) is 10.4 Å². The highest BCUT2D eigenvalue weighted by Gasteiger charge is 2.42. The number of hydrogen-bond donors (Lipinski definition) is 2. The molecule has 7 heteroatoms. The first-order valence-electron chi connectivity index (χ1n) is 9.79. The van der Waals surface area contributed by atoms with Crippen LogP contribution in [0.4, 0.5) is 0 Å². The van der Waals surface area contributed by atoms with Crippen molar-refractivity contribution in [2.24, 2.45) is 10.4 Å². The molecule has 6 nitrogen and oxygen atoms in total. The quantitative estimate of drug-likeness (QED) is 0.576. The maximum Gasteiger partial charge on any atom is 0.230 e. The van der Waals surface area contributed by atoms with Gasteiger partial charge in [0.05, 0.1) is 16.1 Å². The number of guanidine groups is 1. The first kappa shape index (κ1) is 21.7. The van der Waals surface area contributed by atoms with Gasteiger partial charge >= 0.3 is 0 Å². The third kappa shape index (κ3) is 5.67. The predicted molar refractivity (Wildman–Crippen MR) is 113 cm³/mol. The van der Waals surface area contributed by atoms with E-state index in [2.05, 4.69) is 41.8 Å². The molecule has 2 N–H and O–H groups in total. The Morgan fingerprint density at radius 2 is 1.96 bits per heavy atom. The highest BCUT2D eigenvalue weighted by molar-refractivity contribution is 7.09. The molecular weight excluding hydrogens is 358 g/mol. The van der Waals surface area contributed by atoms with Crippen LogP contribution in [0.3, 0.4) is 0 Å². The fourth-order valence-corrected chi connectivity index (χ4v) is 4.55. The number of thiazole rings is 1. The molecule has 0 spiro atoms. The Bertz CT molecular complexity index is 654. The summed E-state index contributed by atoms with van der Waals surface area (Å²) in [5.74, 6) is 0.973. The normalized spacial score (nSPS) is 17.0. The number of aromatic nitrogens is 1. The third-order valence-corrected chi connectivity index (χ3v) is 6.10. The van der Waals surface area contributed by atoms with Crippen molar-refractivity contribution in [3.8, 4) is 0 Å². The van der Waals surface area contributed by atoms with Gasteiger partial charge in [-0.2, -0.15) is 0 Å². The van der Waals surface area contributed by atoms with E-state index >= 15 is 0 Å². The molecule has 1 heterocycles. The molecule has 0 aliphatic heterocycles. The summed E-state index contributed by atoms with van der Waals surface area (Å²) in [6.07, 6.45) is 5.00. The molecule has 27 heavy (non-hydrogen) atoms. The van der Waals surface area contributed by atoms with Crippen molar-refractivity contribution >= 4 is 23.2 Å². The third-order valence-electron chi connectivity index (χ3n) is 5.19. The van der Waals surface area contributed by atoms with Crippen LogP contribution in [-0.4, -0.2) is 56.0 Å². The fraction of sp³-hybridized carbons (Fsp3) is 0.750. The lowest BCUT2D eigenvalue weighted by molar-refractivity contribution is -0.138. The minimum atomic E-state index is -0.294. The zero-order chi connectivity index (χ0) is 20.1. The Balaban J connectivity index is 1.85. The monoisotopic (exact) mass is 393 g/mol. The van der Waals surface area contributed by atoms with Gasteiger partial charge < -0.3 is 15.5 Å². The molecule has 1 aliphatic rings. The summed E-state index contributed by atoms with van der Waals surface area (Å²) in [4.78, 5) is 23.4. The van der Waals surface area contributed by atoms with Gasteiger partial charge in [-0.25, -0.2) is 4.98 Å². The average Bonchev–Trinajstić information content (AvgIpc) is 3.27. The Morgan fingerprint density at radius 1 is 1.30 bits per heavy atom. The second kappa shape index (κ2) is 9.04. The van der Waals surface area contributed by atoms with Crippen molar-refractivity contribution in [3.63, 3.8) is 0 Å². The first-order chi connectivity index (χ1) is 12.7. The second-order valence-corrected chi connectivity index (χ2v) is 9.61. The van der Waals surface area contributed by atoms with E-state index in [4.69, 9.17) is 4.98 Å². The molecule has 0 radical (unpaired) electrons. The number of nitrogens with one attached hydrogen (secondary N) is 2. The van der Waals surface area contributed by atoms with Crippen molar-refractivity contribution in [1.29, 1.82) is 0 Å². The summed E-state index contributed by atoms with van der Waals surface area (Å²) < 4.78 is 0. The lowest BCUT2D eigenvalue weighted by Crippen LogP contribution is -2.49. The molecule has 0 saturated heterocycles. The van der Waals surface area contributed by atoms with Gasteiger partial charge in [0.15, 0.2) is 5.96 Å². The Labute approximate surface area is 167 Å². The predicted octanol–water partition coefficient (Wildman–Crippen LogP) is 2.80. The number of nitrogens with zero attached hydrogens (tertiary/aromatic N) is 3. The smallest absolute Gasteiger partial charge is 0.230 e. The number of carbonyl (C=O) groups is 1. The van der Waals surface area contributed by atoms with Gasteiger partial charge in [-0.15, -0.1) is 11.3 Å². The minimum Gasteiger partial charge on any atom is -0.356 e. The van der Waals surface area contributed by atoms with Gasteiger partial charge in [0.1, 0.15) is 0 Å². The Hall–Kier alpha value is -1.63. The van der Waals surface area contributed by atoms with Gasteiger partial charge in [0, 0.05) is 51.4 Å². The molecule has 152 valence electrons. The first-order valence-corrected chi connectivity index (χ1v) is 10.7. The Morgan fingerprint density at radius 3 is 2.48 bits per heavy atom. The molecule has 0 bridgehead atoms. The van der Waals surface area contributed by atoms with E-state index in [9.17, 15) is 4.79 Å². The van der Waals surface area contributed by atoms with E-state index in [0.717, 1.165) is 55.3 Å². The van der Waals surface area contributed by atoms with Crippen molar-refractivity contribution in [1.82, 2.24) is 20.5 Å². The molecule has 1 amide bonds. The van der Waals surface area contributed by atoms with Crippen molar-refractivity contribution in [3.05, 3.63) is 16.1 Å². The summed E-state index contributed by atoms with van der Waals surface area (Å²) in [6.45, 7) is 7.96. The van der Waals surface area contributed by atoms with Gasteiger partial charge in [-0.3, -0.25) is 9.79 Å². The average molecular weight is 394 g/mol. The van der Waals surface area contributed by atoms with Crippen LogP contribution < -0.4 is 10.6 Å². The summed E-state index contributed by atoms with van der Waals surface area (Å²) in [6, 6.07) is 0. The molecule has 1 saturated carbocycles. The van der Waals surface area contributed by atoms with Crippen LogP contribution in [0.2, 0.25) is 0 Å². The van der Waals surface area contributed by atoms with Gasteiger partial charge in [-0.05, 0) is 12.8 Å². The topological polar surface area (TPSA) is 69.6 Å².